The predicted octanol–water partition coefficient (Wildman–Crippen LogP) is 2.30. The number of amides is 1. The highest BCUT2D eigenvalue weighted by Gasteiger charge is 2.27. The number of benzene rings is 1. The number of para-hydroxylation sites is 1. The zero-order valence-corrected chi connectivity index (χ0v) is 15.2. The molecule has 1 fully saturated rings. The lowest BCUT2D eigenvalue weighted by atomic mass is 10.3. The maximum absolute atomic E-state index is 13.0. The monoisotopic (exact) mass is 369 g/mol. The van der Waals surface area contributed by atoms with Crippen LogP contribution in [0.5, 0.6) is 5.75 Å². The summed E-state index contributed by atoms with van der Waals surface area (Å²) < 4.78 is 7.07. The van der Waals surface area contributed by atoms with E-state index in [4.69, 9.17) is 4.74 Å². The summed E-state index contributed by atoms with van der Waals surface area (Å²) in [6.45, 7) is 2.81. The summed E-state index contributed by atoms with van der Waals surface area (Å²) in [7, 11) is 1.56. The maximum atomic E-state index is 13.0. The van der Waals surface area contributed by atoms with E-state index >= 15 is 0 Å². The molecule has 3 heterocycles. The number of thiazole rings is 1. The average Bonchev–Trinajstić information content (AvgIpc) is 3.38. The van der Waals surface area contributed by atoms with Crippen molar-refractivity contribution < 1.29 is 9.53 Å². The van der Waals surface area contributed by atoms with Gasteiger partial charge >= 0.3 is 0 Å². The van der Waals surface area contributed by atoms with Crippen LogP contribution in [0.2, 0.25) is 0 Å². The fourth-order valence-corrected chi connectivity index (χ4v) is 3.69. The number of piperazine rings is 1. The molecule has 134 valence electrons. The van der Waals surface area contributed by atoms with Crippen molar-refractivity contribution in [2.75, 3.05) is 38.2 Å². The molecule has 0 N–H and O–H groups in total. The minimum Gasteiger partial charge on any atom is -0.493 e. The number of aromatic nitrogens is 3. The number of ether oxygens (including phenoxy) is 1. The normalized spacial score (nSPS) is 14.5. The zero-order chi connectivity index (χ0) is 17.9. The van der Waals surface area contributed by atoms with Gasteiger partial charge in [0.15, 0.2) is 16.6 Å². The van der Waals surface area contributed by atoms with Crippen LogP contribution in [0, 0.1) is 0 Å². The Morgan fingerprint density at radius 3 is 2.58 bits per heavy atom. The number of carbonyl (C=O) groups excluding carboxylic acids is 1. The molecule has 8 heteroatoms. The number of hydrogen-bond acceptors (Lipinski definition) is 6. The lowest BCUT2D eigenvalue weighted by molar-refractivity contribution is 0.0737. The summed E-state index contributed by atoms with van der Waals surface area (Å²) in [6, 6.07) is 9.69. The first kappa shape index (κ1) is 16.6. The van der Waals surface area contributed by atoms with E-state index in [1.807, 2.05) is 40.6 Å². The van der Waals surface area contributed by atoms with E-state index in [1.165, 1.54) is 0 Å². The first-order valence-electron chi connectivity index (χ1n) is 8.39. The zero-order valence-electron chi connectivity index (χ0n) is 14.4. The minimum absolute atomic E-state index is 0.102. The number of nitrogens with zero attached hydrogens (tertiary/aromatic N) is 5. The molecule has 4 rings (SSSR count). The van der Waals surface area contributed by atoms with Crippen molar-refractivity contribution in [2.24, 2.45) is 0 Å². The fraction of sp³-hybridized carbons (Fsp3) is 0.278. The van der Waals surface area contributed by atoms with Gasteiger partial charge in [-0.15, -0.1) is 11.3 Å². The Bertz CT molecular complexity index is 870. The van der Waals surface area contributed by atoms with Crippen molar-refractivity contribution in [1.82, 2.24) is 19.7 Å². The Balaban J connectivity index is 1.51. The van der Waals surface area contributed by atoms with Crippen LogP contribution < -0.4 is 9.64 Å². The number of rotatable bonds is 4. The lowest BCUT2D eigenvalue weighted by Gasteiger charge is -2.34. The number of anilines is 1. The quantitative estimate of drug-likeness (QED) is 0.706. The van der Waals surface area contributed by atoms with Crippen LogP contribution in [0.15, 0.2) is 48.1 Å². The van der Waals surface area contributed by atoms with Gasteiger partial charge in [-0.1, -0.05) is 18.2 Å². The summed E-state index contributed by atoms with van der Waals surface area (Å²) >= 11 is 1.62. The van der Waals surface area contributed by atoms with Crippen LogP contribution in [0.4, 0.5) is 5.13 Å². The molecule has 0 radical (unpaired) electrons. The van der Waals surface area contributed by atoms with Crippen LogP contribution in [0.1, 0.15) is 10.5 Å². The topological polar surface area (TPSA) is 63.5 Å². The summed E-state index contributed by atoms with van der Waals surface area (Å²) in [6.07, 6.45) is 3.55. The molecule has 1 aliphatic rings. The molecule has 0 aliphatic carbocycles. The van der Waals surface area contributed by atoms with Gasteiger partial charge in [0, 0.05) is 37.8 Å². The van der Waals surface area contributed by atoms with E-state index in [9.17, 15) is 4.79 Å². The van der Waals surface area contributed by atoms with Gasteiger partial charge in [-0.2, -0.15) is 5.10 Å². The van der Waals surface area contributed by atoms with Gasteiger partial charge in [0.25, 0.3) is 5.91 Å². The number of carbonyl (C=O) groups is 1. The van der Waals surface area contributed by atoms with Crippen molar-refractivity contribution in [3.8, 4) is 11.4 Å². The van der Waals surface area contributed by atoms with Crippen LogP contribution in [-0.4, -0.2) is 58.9 Å². The van der Waals surface area contributed by atoms with Crippen molar-refractivity contribution in [1.29, 1.82) is 0 Å². The molecule has 0 spiro atoms. The SMILES string of the molecule is COc1cn(-c2ccccc2)nc1C(=O)N1CCN(c2nccs2)CC1. The molecule has 1 amide bonds. The lowest BCUT2D eigenvalue weighted by Crippen LogP contribution is -2.49. The largest absolute Gasteiger partial charge is 0.493 e. The van der Waals surface area contributed by atoms with Crippen molar-refractivity contribution in [3.63, 3.8) is 0 Å². The second kappa shape index (κ2) is 7.17. The third-order valence-electron chi connectivity index (χ3n) is 4.38. The molecular weight excluding hydrogens is 350 g/mol. The van der Waals surface area contributed by atoms with E-state index in [1.54, 1.807) is 35.5 Å². The van der Waals surface area contributed by atoms with E-state index < -0.39 is 0 Å². The molecule has 0 saturated carbocycles. The Kier molecular flexibility index (Phi) is 4.57. The van der Waals surface area contributed by atoms with Gasteiger partial charge in [-0.25, -0.2) is 9.67 Å². The highest BCUT2D eigenvalue weighted by atomic mass is 32.1. The van der Waals surface area contributed by atoms with Crippen LogP contribution >= 0.6 is 11.3 Å². The van der Waals surface area contributed by atoms with Crippen LogP contribution in [-0.2, 0) is 0 Å². The third kappa shape index (κ3) is 3.15. The van der Waals surface area contributed by atoms with Gasteiger partial charge in [0.05, 0.1) is 19.0 Å². The molecule has 1 aliphatic heterocycles. The fourth-order valence-electron chi connectivity index (χ4n) is 2.99. The van der Waals surface area contributed by atoms with Gasteiger partial charge < -0.3 is 14.5 Å². The highest BCUT2D eigenvalue weighted by molar-refractivity contribution is 7.13. The van der Waals surface area contributed by atoms with E-state index in [-0.39, 0.29) is 5.91 Å². The number of methoxy groups -OCH3 is 1. The Hall–Kier alpha value is -2.87. The van der Waals surface area contributed by atoms with Crippen molar-refractivity contribution in [2.45, 2.75) is 0 Å². The average molecular weight is 369 g/mol. The minimum atomic E-state index is -0.102. The molecule has 1 aromatic carbocycles. The molecule has 0 bridgehead atoms. The Labute approximate surface area is 155 Å². The first-order chi connectivity index (χ1) is 12.8. The van der Waals surface area contributed by atoms with Crippen molar-refractivity contribution >= 4 is 22.4 Å². The van der Waals surface area contributed by atoms with Gasteiger partial charge in [0.1, 0.15) is 0 Å². The number of hydrogen-bond donors (Lipinski definition) is 0. The maximum Gasteiger partial charge on any atom is 0.278 e. The standard InChI is InChI=1S/C18H19N5O2S/c1-25-15-13-23(14-5-3-2-4-6-14)20-16(15)17(24)21-8-10-22(11-9-21)18-19-7-12-26-18/h2-7,12-13H,8-11H2,1H3. The molecule has 7 nitrogen and oxygen atoms in total. The molecule has 26 heavy (non-hydrogen) atoms. The van der Waals surface area contributed by atoms with E-state index in [2.05, 4.69) is 15.0 Å². The summed E-state index contributed by atoms with van der Waals surface area (Å²) in [5.41, 5.74) is 1.23. The van der Waals surface area contributed by atoms with E-state index in [0.29, 0.717) is 24.5 Å². The smallest absolute Gasteiger partial charge is 0.278 e. The summed E-state index contributed by atoms with van der Waals surface area (Å²) in [5, 5.41) is 7.44. The van der Waals surface area contributed by atoms with Gasteiger partial charge in [-0.05, 0) is 12.1 Å². The molecule has 0 atom stereocenters. The molecule has 1 saturated heterocycles. The summed E-state index contributed by atoms with van der Waals surface area (Å²) in [4.78, 5) is 21.3. The highest BCUT2D eigenvalue weighted by Crippen LogP contribution is 2.23. The predicted molar refractivity (Wildman–Crippen MR) is 100 cm³/mol. The Morgan fingerprint density at radius 2 is 1.92 bits per heavy atom. The summed E-state index contributed by atoms with van der Waals surface area (Å²) in [5.74, 6) is 0.386. The molecule has 3 aromatic rings. The van der Waals surface area contributed by atoms with Crippen LogP contribution in [0.3, 0.4) is 0 Å². The molecule has 2 aromatic heterocycles. The van der Waals surface area contributed by atoms with Crippen molar-refractivity contribution in [3.05, 3.63) is 53.8 Å². The Morgan fingerprint density at radius 1 is 1.15 bits per heavy atom. The molecular formula is C18H19N5O2S. The van der Waals surface area contributed by atoms with Gasteiger partial charge in [0.2, 0.25) is 0 Å². The second-order valence-electron chi connectivity index (χ2n) is 5.92. The molecule has 0 unspecified atom stereocenters. The van der Waals surface area contributed by atoms with E-state index in [0.717, 1.165) is 23.9 Å². The van der Waals surface area contributed by atoms with Crippen LogP contribution in [0.25, 0.3) is 5.69 Å². The third-order valence-corrected chi connectivity index (χ3v) is 5.21. The second-order valence-corrected chi connectivity index (χ2v) is 6.79. The first-order valence-corrected chi connectivity index (χ1v) is 9.27. The van der Waals surface area contributed by atoms with Gasteiger partial charge in [-0.3, -0.25) is 4.79 Å².